The maximum atomic E-state index is 12.1. The van der Waals surface area contributed by atoms with Gasteiger partial charge in [0.15, 0.2) is 6.61 Å². The lowest BCUT2D eigenvalue weighted by Gasteiger charge is -2.07. The van der Waals surface area contributed by atoms with Crippen molar-refractivity contribution in [3.63, 3.8) is 0 Å². The van der Waals surface area contributed by atoms with Crippen molar-refractivity contribution in [2.45, 2.75) is 0 Å². The summed E-state index contributed by atoms with van der Waals surface area (Å²) in [4.78, 5) is 23.8. The molecule has 2 rings (SSSR count). The summed E-state index contributed by atoms with van der Waals surface area (Å²) in [5, 5.41) is 0. The second-order valence-electron chi connectivity index (χ2n) is 4.84. The fourth-order valence-corrected chi connectivity index (χ4v) is 2.02. The minimum Gasteiger partial charge on any atom is -0.497 e. The van der Waals surface area contributed by atoms with Gasteiger partial charge in [0.05, 0.1) is 19.8 Å². The highest BCUT2D eigenvalue weighted by molar-refractivity contribution is 6.01. The zero-order valence-corrected chi connectivity index (χ0v) is 13.5. The Balaban J connectivity index is 1.90. The summed E-state index contributed by atoms with van der Waals surface area (Å²) in [5.41, 5.74) is 1.20. The van der Waals surface area contributed by atoms with Crippen molar-refractivity contribution in [3.8, 4) is 11.5 Å². The lowest BCUT2D eigenvalue weighted by Crippen LogP contribution is -2.13. The van der Waals surface area contributed by atoms with Crippen molar-refractivity contribution in [2.75, 3.05) is 20.8 Å². The summed E-state index contributed by atoms with van der Waals surface area (Å²) < 4.78 is 15.1. The zero-order valence-electron chi connectivity index (χ0n) is 13.5. The summed E-state index contributed by atoms with van der Waals surface area (Å²) in [6, 6.07) is 14.0. The molecular formula is C19H18O5. The lowest BCUT2D eigenvalue weighted by molar-refractivity contribution is -0.136. The van der Waals surface area contributed by atoms with Crippen molar-refractivity contribution in [1.82, 2.24) is 0 Å². The Morgan fingerprint density at radius 1 is 0.958 bits per heavy atom. The Kier molecular flexibility index (Phi) is 6.14. The topological polar surface area (TPSA) is 61.8 Å². The molecular weight excluding hydrogens is 308 g/mol. The highest BCUT2D eigenvalue weighted by atomic mass is 16.5. The molecule has 0 fully saturated rings. The summed E-state index contributed by atoms with van der Waals surface area (Å²) >= 11 is 0. The van der Waals surface area contributed by atoms with Gasteiger partial charge < -0.3 is 14.2 Å². The zero-order chi connectivity index (χ0) is 17.4. The molecule has 0 amide bonds. The van der Waals surface area contributed by atoms with Crippen LogP contribution in [0.5, 0.6) is 11.5 Å². The van der Waals surface area contributed by atoms with E-state index in [1.54, 1.807) is 49.6 Å². The number of para-hydroxylation sites is 1. The molecule has 24 heavy (non-hydrogen) atoms. The molecule has 0 unspecified atom stereocenters. The quantitative estimate of drug-likeness (QED) is 0.444. The number of rotatable bonds is 7. The van der Waals surface area contributed by atoms with Crippen molar-refractivity contribution in [2.24, 2.45) is 0 Å². The molecule has 0 bridgehead atoms. The monoisotopic (exact) mass is 326 g/mol. The van der Waals surface area contributed by atoms with E-state index in [-0.39, 0.29) is 12.4 Å². The van der Waals surface area contributed by atoms with E-state index >= 15 is 0 Å². The summed E-state index contributed by atoms with van der Waals surface area (Å²) in [6.45, 7) is -0.341. The standard InChI is InChI=1S/C19H18O5/c1-22-15-10-7-14(8-11-15)9-12-19(21)24-13-17(20)16-5-3-4-6-18(16)23-2/h3-12H,13H2,1-2H3/b12-9+. The molecule has 0 saturated heterocycles. The molecule has 5 nitrogen and oxygen atoms in total. The van der Waals surface area contributed by atoms with Crippen LogP contribution in [0.1, 0.15) is 15.9 Å². The third-order valence-electron chi connectivity index (χ3n) is 3.28. The van der Waals surface area contributed by atoms with Gasteiger partial charge in [-0.3, -0.25) is 4.79 Å². The van der Waals surface area contributed by atoms with Crippen LogP contribution in [0.3, 0.4) is 0 Å². The van der Waals surface area contributed by atoms with Crippen molar-refractivity contribution < 1.29 is 23.8 Å². The van der Waals surface area contributed by atoms with Crippen LogP contribution in [0, 0.1) is 0 Å². The first kappa shape index (κ1) is 17.3. The fourth-order valence-electron chi connectivity index (χ4n) is 2.02. The van der Waals surface area contributed by atoms with Crippen LogP contribution in [-0.2, 0) is 9.53 Å². The van der Waals surface area contributed by atoms with Gasteiger partial charge in [-0.2, -0.15) is 0 Å². The normalized spacial score (nSPS) is 10.4. The third-order valence-corrected chi connectivity index (χ3v) is 3.28. The maximum Gasteiger partial charge on any atom is 0.331 e. The van der Waals surface area contributed by atoms with E-state index in [9.17, 15) is 9.59 Å². The number of ether oxygens (including phenoxy) is 3. The number of ketones is 1. The largest absolute Gasteiger partial charge is 0.497 e. The highest BCUT2D eigenvalue weighted by Crippen LogP contribution is 2.18. The van der Waals surface area contributed by atoms with E-state index in [1.165, 1.54) is 13.2 Å². The minimum absolute atomic E-state index is 0.321. The molecule has 5 heteroatoms. The van der Waals surface area contributed by atoms with Gasteiger partial charge in [0.2, 0.25) is 5.78 Å². The molecule has 0 spiro atoms. The lowest BCUT2D eigenvalue weighted by atomic mass is 10.1. The molecule has 0 heterocycles. The van der Waals surface area contributed by atoms with E-state index in [4.69, 9.17) is 14.2 Å². The smallest absolute Gasteiger partial charge is 0.331 e. The van der Waals surface area contributed by atoms with Crippen molar-refractivity contribution in [1.29, 1.82) is 0 Å². The van der Waals surface area contributed by atoms with E-state index in [0.717, 1.165) is 11.3 Å². The summed E-state index contributed by atoms with van der Waals surface area (Å²) in [5.74, 6) is 0.275. The Bertz CT molecular complexity index is 732. The average molecular weight is 326 g/mol. The van der Waals surface area contributed by atoms with Gasteiger partial charge in [-0.1, -0.05) is 24.3 Å². The van der Waals surface area contributed by atoms with Gasteiger partial charge in [0.1, 0.15) is 11.5 Å². The van der Waals surface area contributed by atoms with E-state index < -0.39 is 5.97 Å². The Labute approximate surface area is 140 Å². The number of hydrogen-bond donors (Lipinski definition) is 0. The number of Topliss-reactive ketones (excluding diaryl/α,β-unsaturated/α-hetero) is 1. The molecule has 0 aliphatic rings. The molecule has 2 aromatic carbocycles. The first-order chi connectivity index (χ1) is 11.6. The van der Waals surface area contributed by atoms with Gasteiger partial charge in [0, 0.05) is 6.08 Å². The Morgan fingerprint density at radius 3 is 2.33 bits per heavy atom. The number of hydrogen-bond acceptors (Lipinski definition) is 5. The van der Waals surface area contributed by atoms with Crippen LogP contribution in [0.4, 0.5) is 0 Å². The Morgan fingerprint density at radius 2 is 1.67 bits per heavy atom. The molecule has 0 aromatic heterocycles. The predicted octanol–water partition coefficient (Wildman–Crippen LogP) is 3.14. The van der Waals surface area contributed by atoms with Crippen LogP contribution in [0.15, 0.2) is 54.6 Å². The molecule has 0 aliphatic heterocycles. The first-order valence-electron chi connectivity index (χ1n) is 7.29. The number of carbonyl (C=O) groups excluding carboxylic acids is 2. The molecule has 124 valence electrons. The first-order valence-corrected chi connectivity index (χ1v) is 7.29. The van der Waals surface area contributed by atoms with Crippen LogP contribution in [0.25, 0.3) is 6.08 Å². The van der Waals surface area contributed by atoms with Crippen molar-refractivity contribution in [3.05, 3.63) is 65.7 Å². The predicted molar refractivity (Wildman–Crippen MR) is 90.3 cm³/mol. The second-order valence-corrected chi connectivity index (χ2v) is 4.84. The molecule has 2 aromatic rings. The van der Waals surface area contributed by atoms with Crippen molar-refractivity contribution >= 4 is 17.8 Å². The maximum absolute atomic E-state index is 12.1. The van der Waals surface area contributed by atoms with Gasteiger partial charge in [0.25, 0.3) is 0 Å². The fraction of sp³-hybridized carbons (Fsp3) is 0.158. The molecule has 0 radical (unpaired) electrons. The number of esters is 1. The SMILES string of the molecule is COc1ccc(/C=C/C(=O)OCC(=O)c2ccccc2OC)cc1. The third kappa shape index (κ3) is 4.71. The highest BCUT2D eigenvalue weighted by Gasteiger charge is 2.13. The van der Waals surface area contributed by atoms with Gasteiger partial charge >= 0.3 is 5.97 Å². The summed E-state index contributed by atoms with van der Waals surface area (Å²) in [6.07, 6.45) is 2.88. The van der Waals surface area contributed by atoms with Crippen LogP contribution in [0.2, 0.25) is 0 Å². The second kappa shape index (κ2) is 8.53. The van der Waals surface area contributed by atoms with Gasteiger partial charge in [-0.15, -0.1) is 0 Å². The van der Waals surface area contributed by atoms with E-state index in [0.29, 0.717) is 11.3 Å². The molecule has 0 N–H and O–H groups in total. The van der Waals surface area contributed by atoms with E-state index in [1.807, 2.05) is 12.1 Å². The van der Waals surface area contributed by atoms with Crippen LogP contribution in [-0.4, -0.2) is 32.6 Å². The molecule has 0 atom stereocenters. The number of methoxy groups -OCH3 is 2. The molecule has 0 saturated carbocycles. The van der Waals surface area contributed by atoms with Gasteiger partial charge in [-0.25, -0.2) is 4.79 Å². The van der Waals surface area contributed by atoms with Gasteiger partial charge in [-0.05, 0) is 35.9 Å². The average Bonchev–Trinajstić information content (AvgIpc) is 2.64. The Hall–Kier alpha value is -3.08. The number of carbonyl (C=O) groups is 2. The van der Waals surface area contributed by atoms with Crippen LogP contribution >= 0.6 is 0 Å². The minimum atomic E-state index is -0.589. The van der Waals surface area contributed by atoms with E-state index in [2.05, 4.69) is 0 Å². The number of benzene rings is 2. The molecule has 0 aliphatic carbocycles. The summed E-state index contributed by atoms with van der Waals surface area (Å²) in [7, 11) is 3.07. The van der Waals surface area contributed by atoms with Crippen LogP contribution < -0.4 is 9.47 Å².